The Hall–Kier alpha value is -5.39. The molecule has 1 aliphatic carbocycles. The molecule has 0 bridgehead atoms. The minimum atomic E-state index is 0.359. The fourth-order valence-corrected chi connectivity index (χ4v) is 7.93. The summed E-state index contributed by atoms with van der Waals surface area (Å²) in [5, 5.41) is 7.44. The van der Waals surface area contributed by atoms with Crippen molar-refractivity contribution in [1.82, 2.24) is 0 Å². The van der Waals surface area contributed by atoms with Gasteiger partial charge in [0.25, 0.3) is 0 Å². The molecule has 0 saturated heterocycles. The molecule has 243 valence electrons. The highest BCUT2D eigenvalue weighted by molar-refractivity contribution is 8.03. The van der Waals surface area contributed by atoms with E-state index in [-0.39, 0.29) is 0 Å². The van der Waals surface area contributed by atoms with Crippen molar-refractivity contribution in [1.29, 1.82) is 0 Å². The first-order chi connectivity index (χ1) is 24.6. The first kappa shape index (κ1) is 31.9. The Morgan fingerprint density at radius 2 is 1.48 bits per heavy atom. The van der Waals surface area contributed by atoms with Gasteiger partial charge in [-0.2, -0.15) is 0 Å². The number of anilines is 4. The van der Waals surface area contributed by atoms with E-state index >= 15 is 0 Å². The van der Waals surface area contributed by atoms with E-state index in [1.165, 1.54) is 48.9 Å². The third-order valence-corrected chi connectivity index (χ3v) is 10.6. The molecule has 1 radical (unpaired) electrons. The number of hydrogen-bond acceptors (Lipinski definition) is 4. The van der Waals surface area contributed by atoms with Crippen molar-refractivity contribution in [3.63, 3.8) is 0 Å². The maximum Gasteiger partial charge on any atom is 0.194 e. The van der Waals surface area contributed by atoms with E-state index in [4.69, 9.17) is 0 Å². The zero-order valence-electron chi connectivity index (χ0n) is 28.4. The summed E-state index contributed by atoms with van der Waals surface area (Å²) >= 11 is 1.92. The van der Waals surface area contributed by atoms with Gasteiger partial charge in [0.2, 0.25) is 0 Å². The third-order valence-electron chi connectivity index (χ3n) is 9.37. The van der Waals surface area contributed by atoms with Crippen molar-refractivity contribution in [2.45, 2.75) is 37.5 Å². The van der Waals surface area contributed by atoms with Crippen LogP contribution in [0.15, 0.2) is 178 Å². The average molecular weight is 665 g/mol. The molecular weight excluding hydrogens is 625 g/mol. The first-order valence-corrected chi connectivity index (χ1v) is 18.2. The molecule has 3 nitrogen and oxygen atoms in total. The molecule has 3 aliphatic rings. The lowest BCUT2D eigenvalue weighted by Gasteiger charge is -2.31. The Bertz CT molecular complexity index is 2140. The number of fused-ring (bicyclic) bond motifs is 2. The molecule has 0 spiro atoms. The third kappa shape index (κ3) is 6.62. The number of nitrogens with one attached hydrogen (secondary N) is 2. The topological polar surface area (TPSA) is 27.3 Å². The Kier molecular flexibility index (Phi) is 9.06. The fourth-order valence-electron chi connectivity index (χ4n) is 6.81. The molecule has 0 unspecified atom stereocenters. The quantitative estimate of drug-likeness (QED) is 0.169. The van der Waals surface area contributed by atoms with Crippen molar-refractivity contribution in [3.05, 3.63) is 190 Å². The normalized spacial score (nSPS) is 16.4. The number of benzene rings is 5. The van der Waals surface area contributed by atoms with Crippen LogP contribution in [-0.4, -0.2) is 7.28 Å². The number of para-hydroxylation sites is 4. The van der Waals surface area contributed by atoms with Crippen LogP contribution in [0, 0.1) is 0 Å². The molecule has 5 heteroatoms. The van der Waals surface area contributed by atoms with Crippen molar-refractivity contribution < 1.29 is 0 Å². The van der Waals surface area contributed by atoms with Gasteiger partial charge in [0.05, 0.1) is 11.4 Å². The van der Waals surface area contributed by atoms with E-state index in [0.717, 1.165) is 41.1 Å². The van der Waals surface area contributed by atoms with E-state index in [1.54, 1.807) is 0 Å². The van der Waals surface area contributed by atoms with Crippen LogP contribution in [0.2, 0.25) is 0 Å². The molecule has 50 heavy (non-hydrogen) atoms. The molecule has 0 amide bonds. The van der Waals surface area contributed by atoms with Gasteiger partial charge < -0.3 is 15.5 Å². The smallest absolute Gasteiger partial charge is 0.194 e. The highest BCUT2D eigenvalue weighted by atomic mass is 32.2. The van der Waals surface area contributed by atoms with Gasteiger partial charge in [-0.1, -0.05) is 128 Å². The van der Waals surface area contributed by atoms with Gasteiger partial charge in [0, 0.05) is 38.1 Å². The molecular formula is C45H39BN3S. The summed E-state index contributed by atoms with van der Waals surface area (Å²) in [5.74, 6) is 0.359. The van der Waals surface area contributed by atoms with Gasteiger partial charge in [0.1, 0.15) is 0 Å². The number of nitrogens with zero attached hydrogens (tertiary/aromatic N) is 1. The summed E-state index contributed by atoms with van der Waals surface area (Å²) in [4.78, 5) is 5.06. The van der Waals surface area contributed by atoms with E-state index < -0.39 is 0 Å². The molecule has 5 aromatic carbocycles. The monoisotopic (exact) mass is 664 g/mol. The summed E-state index contributed by atoms with van der Waals surface area (Å²) in [5.41, 5.74) is 14.1. The van der Waals surface area contributed by atoms with Crippen molar-refractivity contribution in [3.8, 4) is 0 Å². The predicted molar refractivity (Wildman–Crippen MR) is 216 cm³/mol. The zero-order valence-corrected chi connectivity index (χ0v) is 29.3. The molecule has 2 aliphatic heterocycles. The molecule has 0 aromatic heterocycles. The lowest BCUT2D eigenvalue weighted by atomic mass is 9.58. The fraction of sp³-hybridized carbons (Fsp3) is 0.111. The lowest BCUT2D eigenvalue weighted by molar-refractivity contribution is 0.866. The number of thioether (sulfide) groups is 1. The van der Waals surface area contributed by atoms with Gasteiger partial charge in [-0.25, -0.2) is 0 Å². The van der Waals surface area contributed by atoms with E-state index in [0.29, 0.717) is 5.92 Å². The average Bonchev–Trinajstić information content (AvgIpc) is 3.15. The zero-order chi connectivity index (χ0) is 33.9. The van der Waals surface area contributed by atoms with Crippen LogP contribution in [0.25, 0.3) is 11.6 Å². The lowest BCUT2D eigenvalue weighted by Crippen LogP contribution is -2.28. The van der Waals surface area contributed by atoms with Crippen LogP contribution in [0.5, 0.6) is 0 Å². The van der Waals surface area contributed by atoms with Gasteiger partial charge in [-0.15, -0.1) is 0 Å². The van der Waals surface area contributed by atoms with Crippen LogP contribution in [0.4, 0.5) is 22.7 Å². The van der Waals surface area contributed by atoms with Crippen LogP contribution in [-0.2, 0) is 0 Å². The number of hydrogen-bond donors (Lipinski definition) is 2. The summed E-state index contributed by atoms with van der Waals surface area (Å²) in [7, 11) is 2.35. The molecule has 0 fully saturated rings. The minimum absolute atomic E-state index is 0.359. The van der Waals surface area contributed by atoms with Crippen molar-refractivity contribution in [2.75, 3.05) is 15.5 Å². The highest BCUT2D eigenvalue weighted by Gasteiger charge is 2.27. The second kappa shape index (κ2) is 14.2. The molecule has 8 rings (SSSR count). The van der Waals surface area contributed by atoms with Crippen molar-refractivity contribution in [2.24, 2.45) is 0 Å². The SMILES string of the molecule is CC(C)c1cc2c(c(C3=CCCC4=C3Nc3ccccc3S4)c1)[B]C(=C\Nc1ccccc1)/C=C\C(N(c1ccccc1)c1ccccc1)=C2. The molecule has 2 N–H and O–H groups in total. The van der Waals surface area contributed by atoms with Crippen LogP contribution >= 0.6 is 11.8 Å². The molecule has 0 atom stereocenters. The molecule has 0 saturated carbocycles. The van der Waals surface area contributed by atoms with E-state index in [9.17, 15) is 0 Å². The summed E-state index contributed by atoms with van der Waals surface area (Å²) in [6, 6.07) is 45.2. The number of allylic oxidation sites excluding steroid dienone is 6. The largest absolute Gasteiger partial charge is 0.362 e. The molecule has 5 aromatic rings. The maximum atomic E-state index is 3.87. The Labute approximate surface area is 301 Å². The van der Waals surface area contributed by atoms with E-state index in [2.05, 4.69) is 188 Å². The maximum absolute atomic E-state index is 3.87. The van der Waals surface area contributed by atoms with E-state index in [1.807, 2.05) is 17.8 Å². The standard InChI is InChI=1S/C45H39BN3S/c1-31(2)32-27-33-28-38(49(36-17-8-4-9-18-36)37-19-10-5-11-20-37)26-25-34(30-47-35-15-6-3-7-16-35)46-44(33)40(29-32)39-21-14-24-43-45(39)48-41-22-12-13-23-42(41)50-43/h3-13,15-23,25-31,47-48H,14,24H2,1-2H3/b26-25-,34-30-,38-28?. The summed E-state index contributed by atoms with van der Waals surface area (Å²) in [6.45, 7) is 4.59. The predicted octanol–water partition coefficient (Wildman–Crippen LogP) is 11.4. The highest BCUT2D eigenvalue weighted by Crippen LogP contribution is 2.47. The van der Waals surface area contributed by atoms with Crippen LogP contribution < -0.4 is 21.0 Å². The van der Waals surface area contributed by atoms with Gasteiger partial charge in [-0.3, -0.25) is 0 Å². The van der Waals surface area contributed by atoms with Crippen LogP contribution in [0.1, 0.15) is 49.3 Å². The van der Waals surface area contributed by atoms with Gasteiger partial charge >= 0.3 is 0 Å². The second-order valence-corrected chi connectivity index (χ2v) is 14.2. The summed E-state index contributed by atoms with van der Waals surface area (Å²) in [6.07, 6.45) is 13.5. The number of rotatable bonds is 7. The Balaban J connectivity index is 1.33. The Morgan fingerprint density at radius 1 is 0.800 bits per heavy atom. The first-order valence-electron chi connectivity index (χ1n) is 17.4. The second-order valence-electron chi connectivity index (χ2n) is 13.1. The Morgan fingerprint density at radius 3 is 2.20 bits per heavy atom. The van der Waals surface area contributed by atoms with Gasteiger partial charge in [-0.05, 0) is 102 Å². The molecule has 2 heterocycles. The minimum Gasteiger partial charge on any atom is -0.362 e. The van der Waals surface area contributed by atoms with Gasteiger partial charge in [0.15, 0.2) is 7.28 Å². The van der Waals surface area contributed by atoms with Crippen molar-refractivity contribution >= 4 is 58.9 Å². The summed E-state index contributed by atoms with van der Waals surface area (Å²) < 4.78 is 0. The van der Waals surface area contributed by atoms with Crippen LogP contribution in [0.3, 0.4) is 0 Å².